The maximum atomic E-state index is 3.68. The normalized spacial score (nSPS) is 23.5. The molecule has 1 saturated carbocycles. The van der Waals surface area contributed by atoms with E-state index in [1.165, 1.54) is 19.3 Å². The van der Waals surface area contributed by atoms with E-state index in [-0.39, 0.29) is 0 Å². The number of nitrogens with two attached hydrogens (primary N) is 1. The smallest absolute Gasteiger partial charge is 0.0620 e. The van der Waals surface area contributed by atoms with Gasteiger partial charge < -0.3 is 5.32 Å². The Morgan fingerprint density at radius 1 is 1.50 bits per heavy atom. The molecular weight excluding hydrogens is 74.1 g/mol. The van der Waals surface area contributed by atoms with Crippen molar-refractivity contribution in [1.29, 1.82) is 0 Å². The molecule has 1 aliphatic carbocycles. The summed E-state index contributed by atoms with van der Waals surface area (Å²) in [5, 5.41) is 2.06. The highest BCUT2D eigenvalue weighted by molar-refractivity contribution is 4.65. The molecule has 0 aromatic heterocycles. The third kappa shape index (κ3) is 0.548. The van der Waals surface area contributed by atoms with Crippen LogP contribution in [0.25, 0.3) is 0 Å². The van der Waals surface area contributed by atoms with Gasteiger partial charge in [0, 0.05) is 0 Å². The number of rotatable bonds is 1. The van der Waals surface area contributed by atoms with Gasteiger partial charge in [-0.2, -0.15) is 7.05 Å². The predicted molar refractivity (Wildman–Crippen MR) is 24.9 cm³/mol. The molecule has 2 N–H and O–H groups in total. The molecule has 0 atom stereocenters. The minimum absolute atomic E-state index is 0.880. The zero-order valence-electron chi connectivity index (χ0n) is 3.98. The third-order valence-electron chi connectivity index (χ3n) is 1.48. The Kier molecular flexibility index (Phi) is 1.10. The summed E-state index contributed by atoms with van der Waals surface area (Å²) in [6.45, 7) is 0. The van der Waals surface area contributed by atoms with E-state index in [2.05, 4.69) is 12.4 Å². The van der Waals surface area contributed by atoms with E-state index >= 15 is 0 Å². The fourth-order valence-electron chi connectivity index (χ4n) is 0.676. The van der Waals surface area contributed by atoms with Crippen LogP contribution in [0, 0.1) is 7.05 Å². The van der Waals surface area contributed by atoms with Crippen LogP contribution in [0.2, 0.25) is 0 Å². The molecule has 0 saturated heterocycles. The van der Waals surface area contributed by atoms with Gasteiger partial charge >= 0.3 is 0 Å². The molecule has 0 aromatic rings. The fraction of sp³-hybridized carbons (Fsp3) is 0.800. The molecule has 0 aromatic carbocycles. The van der Waals surface area contributed by atoms with Gasteiger partial charge in [-0.25, -0.2) is 0 Å². The van der Waals surface area contributed by atoms with Crippen molar-refractivity contribution in [2.45, 2.75) is 25.3 Å². The topological polar surface area (TPSA) is 16.6 Å². The van der Waals surface area contributed by atoms with Crippen LogP contribution in [0.15, 0.2) is 0 Å². The minimum Gasteiger partial charge on any atom is -0.476 e. The van der Waals surface area contributed by atoms with E-state index in [0.717, 1.165) is 6.04 Å². The van der Waals surface area contributed by atoms with Crippen LogP contribution in [-0.2, 0) is 0 Å². The standard InChI is InChI=1S/C5H11N/c1-6-5-3-2-4-5/h5H,1-4,6H2. The van der Waals surface area contributed by atoms with E-state index in [9.17, 15) is 0 Å². The molecule has 0 aliphatic heterocycles. The SMILES string of the molecule is [CH2-][NH2+]C1CCC1. The lowest BCUT2D eigenvalue weighted by Crippen LogP contribution is -2.85. The molecule has 0 bridgehead atoms. The highest BCUT2D eigenvalue weighted by Gasteiger charge is 2.15. The van der Waals surface area contributed by atoms with Crippen molar-refractivity contribution in [3.8, 4) is 0 Å². The molecule has 1 fully saturated rings. The molecule has 0 spiro atoms. The van der Waals surface area contributed by atoms with E-state index in [4.69, 9.17) is 0 Å². The summed E-state index contributed by atoms with van der Waals surface area (Å²) in [5.41, 5.74) is 0. The van der Waals surface area contributed by atoms with Gasteiger partial charge in [0.2, 0.25) is 0 Å². The van der Waals surface area contributed by atoms with Crippen molar-refractivity contribution in [2.75, 3.05) is 0 Å². The first-order valence-corrected chi connectivity index (χ1v) is 2.56. The predicted octanol–water partition coefficient (Wildman–Crippen LogP) is -0.106. The first kappa shape index (κ1) is 4.13. The lowest BCUT2D eigenvalue weighted by molar-refractivity contribution is -0.644. The quantitative estimate of drug-likeness (QED) is 0.428. The Bertz CT molecular complexity index is 36.4. The molecule has 1 aliphatic rings. The lowest BCUT2D eigenvalue weighted by atomic mass is 9.94. The second-order valence-electron chi connectivity index (χ2n) is 1.93. The maximum Gasteiger partial charge on any atom is 0.0620 e. The van der Waals surface area contributed by atoms with E-state index in [1.807, 2.05) is 0 Å². The van der Waals surface area contributed by atoms with Crippen molar-refractivity contribution < 1.29 is 5.32 Å². The number of quaternary nitrogens is 1. The summed E-state index contributed by atoms with van der Waals surface area (Å²) in [7, 11) is 3.68. The Morgan fingerprint density at radius 3 is 2.17 bits per heavy atom. The van der Waals surface area contributed by atoms with E-state index in [1.54, 1.807) is 0 Å². The maximum absolute atomic E-state index is 3.68. The molecule has 1 nitrogen and oxygen atoms in total. The van der Waals surface area contributed by atoms with Gasteiger partial charge in [-0.1, -0.05) is 0 Å². The Balaban J connectivity index is 2.01. The largest absolute Gasteiger partial charge is 0.476 e. The summed E-state index contributed by atoms with van der Waals surface area (Å²) in [6, 6.07) is 0.880. The molecule has 0 amide bonds. The van der Waals surface area contributed by atoms with Crippen LogP contribution in [0.4, 0.5) is 0 Å². The van der Waals surface area contributed by atoms with Gasteiger partial charge in [-0.05, 0) is 19.3 Å². The van der Waals surface area contributed by atoms with Crippen LogP contribution >= 0.6 is 0 Å². The second kappa shape index (κ2) is 1.61. The molecular formula is C5H11N. The van der Waals surface area contributed by atoms with Gasteiger partial charge in [0.15, 0.2) is 0 Å². The zero-order chi connectivity index (χ0) is 4.41. The van der Waals surface area contributed by atoms with E-state index in [0.29, 0.717) is 0 Å². The Morgan fingerprint density at radius 2 is 2.17 bits per heavy atom. The van der Waals surface area contributed by atoms with Crippen molar-refractivity contribution in [3.05, 3.63) is 7.05 Å². The van der Waals surface area contributed by atoms with Crippen LogP contribution in [0.3, 0.4) is 0 Å². The molecule has 0 heterocycles. The Labute approximate surface area is 38.7 Å². The third-order valence-corrected chi connectivity index (χ3v) is 1.48. The highest BCUT2D eigenvalue weighted by atomic mass is 14.9. The van der Waals surface area contributed by atoms with Crippen molar-refractivity contribution in [1.82, 2.24) is 0 Å². The highest BCUT2D eigenvalue weighted by Crippen LogP contribution is 2.13. The van der Waals surface area contributed by atoms with Gasteiger partial charge in [0.25, 0.3) is 0 Å². The van der Waals surface area contributed by atoms with Crippen molar-refractivity contribution in [2.24, 2.45) is 0 Å². The fourth-order valence-corrected chi connectivity index (χ4v) is 0.676. The average Bonchev–Trinajstić information content (AvgIpc) is 1.31. The van der Waals surface area contributed by atoms with Crippen LogP contribution in [-0.4, -0.2) is 6.04 Å². The molecule has 6 heavy (non-hydrogen) atoms. The summed E-state index contributed by atoms with van der Waals surface area (Å²) in [6.07, 6.45) is 4.21. The lowest BCUT2D eigenvalue weighted by Gasteiger charge is -2.23. The summed E-state index contributed by atoms with van der Waals surface area (Å²) < 4.78 is 0. The Hall–Kier alpha value is -0.0400. The van der Waals surface area contributed by atoms with Crippen molar-refractivity contribution >= 4 is 0 Å². The van der Waals surface area contributed by atoms with Crippen molar-refractivity contribution in [3.63, 3.8) is 0 Å². The second-order valence-corrected chi connectivity index (χ2v) is 1.93. The monoisotopic (exact) mass is 85.1 g/mol. The summed E-state index contributed by atoms with van der Waals surface area (Å²) >= 11 is 0. The van der Waals surface area contributed by atoms with Crippen LogP contribution in [0.5, 0.6) is 0 Å². The average molecular weight is 85.2 g/mol. The van der Waals surface area contributed by atoms with E-state index < -0.39 is 0 Å². The van der Waals surface area contributed by atoms with Crippen LogP contribution < -0.4 is 5.32 Å². The molecule has 0 radical (unpaired) electrons. The number of hydrogen-bond acceptors (Lipinski definition) is 0. The van der Waals surface area contributed by atoms with Crippen LogP contribution in [0.1, 0.15) is 19.3 Å². The molecule has 1 rings (SSSR count). The summed E-state index contributed by atoms with van der Waals surface area (Å²) in [4.78, 5) is 0. The van der Waals surface area contributed by atoms with Gasteiger partial charge in [0.1, 0.15) is 0 Å². The first-order valence-electron chi connectivity index (χ1n) is 2.56. The molecule has 36 valence electrons. The zero-order valence-corrected chi connectivity index (χ0v) is 3.98. The van der Waals surface area contributed by atoms with Gasteiger partial charge in [-0.15, -0.1) is 0 Å². The molecule has 0 unspecified atom stereocenters. The first-order chi connectivity index (χ1) is 2.93. The van der Waals surface area contributed by atoms with Gasteiger partial charge in [0.05, 0.1) is 6.04 Å². The van der Waals surface area contributed by atoms with Gasteiger partial charge in [-0.3, -0.25) is 0 Å². The number of hydrogen-bond donors (Lipinski definition) is 1. The molecule has 1 heteroatoms. The summed E-state index contributed by atoms with van der Waals surface area (Å²) in [5.74, 6) is 0. The minimum atomic E-state index is 0.880.